The molecule has 0 spiro atoms. The van der Waals surface area contributed by atoms with Gasteiger partial charge >= 0.3 is 0 Å². The Labute approximate surface area is 103 Å². The van der Waals surface area contributed by atoms with Gasteiger partial charge in [0.1, 0.15) is 5.69 Å². The predicted octanol–water partition coefficient (Wildman–Crippen LogP) is 3.26. The number of anilines is 1. The van der Waals surface area contributed by atoms with E-state index in [2.05, 4.69) is 50.3 Å². The van der Waals surface area contributed by atoms with Crippen LogP contribution in [0.1, 0.15) is 5.56 Å². The first-order valence-electron chi connectivity index (χ1n) is 4.97. The number of hydrogen-bond acceptors (Lipinski definition) is 3. The van der Waals surface area contributed by atoms with Crippen LogP contribution in [0.15, 0.2) is 35.1 Å². The molecule has 0 saturated heterocycles. The van der Waals surface area contributed by atoms with E-state index in [4.69, 9.17) is 0 Å². The molecule has 0 bridgehead atoms. The summed E-state index contributed by atoms with van der Waals surface area (Å²) in [4.78, 5) is 8.58. The highest BCUT2D eigenvalue weighted by molar-refractivity contribution is 9.10. The lowest BCUT2D eigenvalue weighted by molar-refractivity contribution is 1.19. The van der Waals surface area contributed by atoms with Crippen LogP contribution in [0.2, 0.25) is 0 Å². The second-order valence-electron chi connectivity index (χ2n) is 3.47. The van der Waals surface area contributed by atoms with E-state index in [1.54, 1.807) is 12.4 Å². The molecule has 16 heavy (non-hydrogen) atoms. The average molecular weight is 278 g/mol. The van der Waals surface area contributed by atoms with Crippen molar-refractivity contribution < 1.29 is 0 Å². The van der Waals surface area contributed by atoms with E-state index in [1.165, 1.54) is 5.56 Å². The molecule has 0 aliphatic rings. The Hall–Kier alpha value is -1.42. The molecule has 1 heterocycles. The maximum atomic E-state index is 4.34. The van der Waals surface area contributed by atoms with Crippen LogP contribution >= 0.6 is 15.9 Å². The first-order valence-corrected chi connectivity index (χ1v) is 5.77. The Morgan fingerprint density at radius 1 is 1.19 bits per heavy atom. The number of aromatic nitrogens is 2. The Bertz CT molecular complexity index is 511. The maximum absolute atomic E-state index is 4.34. The zero-order valence-corrected chi connectivity index (χ0v) is 10.7. The molecule has 0 fully saturated rings. The van der Waals surface area contributed by atoms with Crippen LogP contribution < -0.4 is 5.32 Å². The van der Waals surface area contributed by atoms with Crippen molar-refractivity contribution in [1.29, 1.82) is 0 Å². The van der Waals surface area contributed by atoms with Gasteiger partial charge in [0.15, 0.2) is 5.82 Å². The minimum Gasteiger partial charge on any atom is -0.371 e. The van der Waals surface area contributed by atoms with Gasteiger partial charge in [0.2, 0.25) is 0 Å². The highest BCUT2D eigenvalue weighted by Crippen LogP contribution is 2.27. The molecule has 0 atom stereocenters. The number of nitrogens with zero attached hydrogens (tertiary/aromatic N) is 2. The number of rotatable bonds is 2. The van der Waals surface area contributed by atoms with Crippen molar-refractivity contribution in [3.05, 3.63) is 40.6 Å². The molecule has 1 aromatic carbocycles. The fourth-order valence-corrected chi connectivity index (χ4v) is 1.85. The van der Waals surface area contributed by atoms with Gasteiger partial charge in [0.25, 0.3) is 0 Å². The largest absolute Gasteiger partial charge is 0.371 e. The normalized spacial score (nSPS) is 10.2. The molecule has 4 heteroatoms. The van der Waals surface area contributed by atoms with E-state index in [0.717, 1.165) is 21.5 Å². The summed E-state index contributed by atoms with van der Waals surface area (Å²) in [6, 6.07) is 6.17. The third kappa shape index (κ3) is 2.07. The van der Waals surface area contributed by atoms with E-state index in [-0.39, 0.29) is 0 Å². The van der Waals surface area contributed by atoms with Crippen LogP contribution in [0.25, 0.3) is 11.3 Å². The summed E-state index contributed by atoms with van der Waals surface area (Å²) >= 11 is 3.52. The van der Waals surface area contributed by atoms with Crippen molar-refractivity contribution in [3.8, 4) is 11.3 Å². The van der Waals surface area contributed by atoms with Crippen molar-refractivity contribution in [3.63, 3.8) is 0 Å². The zero-order valence-electron chi connectivity index (χ0n) is 9.16. The van der Waals surface area contributed by atoms with Crippen molar-refractivity contribution in [2.45, 2.75) is 6.92 Å². The molecular formula is C12H12BrN3. The predicted molar refractivity (Wildman–Crippen MR) is 69.5 cm³/mol. The van der Waals surface area contributed by atoms with Crippen molar-refractivity contribution in [1.82, 2.24) is 9.97 Å². The van der Waals surface area contributed by atoms with E-state index in [9.17, 15) is 0 Å². The molecule has 0 aliphatic carbocycles. The van der Waals surface area contributed by atoms with Crippen molar-refractivity contribution in [2.75, 3.05) is 12.4 Å². The maximum Gasteiger partial charge on any atom is 0.152 e. The lowest BCUT2D eigenvalue weighted by Gasteiger charge is -2.07. The number of halogens is 1. The van der Waals surface area contributed by atoms with Crippen LogP contribution in [0.4, 0.5) is 5.82 Å². The van der Waals surface area contributed by atoms with Gasteiger partial charge < -0.3 is 5.32 Å². The average Bonchev–Trinajstić information content (AvgIpc) is 2.32. The Morgan fingerprint density at radius 2 is 1.94 bits per heavy atom. The summed E-state index contributed by atoms with van der Waals surface area (Å²) in [6.07, 6.45) is 3.38. The van der Waals surface area contributed by atoms with Crippen LogP contribution in [-0.2, 0) is 0 Å². The molecule has 0 unspecified atom stereocenters. The van der Waals surface area contributed by atoms with E-state index < -0.39 is 0 Å². The quantitative estimate of drug-likeness (QED) is 0.916. The van der Waals surface area contributed by atoms with Gasteiger partial charge in [-0.15, -0.1) is 0 Å². The highest BCUT2D eigenvalue weighted by Gasteiger charge is 2.07. The molecule has 0 saturated carbocycles. The molecule has 1 aromatic heterocycles. The van der Waals surface area contributed by atoms with Crippen molar-refractivity contribution >= 4 is 21.7 Å². The molecule has 0 aliphatic heterocycles. The van der Waals surface area contributed by atoms with Gasteiger partial charge in [0.05, 0.1) is 0 Å². The first kappa shape index (κ1) is 11.1. The van der Waals surface area contributed by atoms with Crippen LogP contribution in [0.3, 0.4) is 0 Å². The summed E-state index contributed by atoms with van der Waals surface area (Å²) in [5.41, 5.74) is 3.12. The van der Waals surface area contributed by atoms with Crippen molar-refractivity contribution in [2.24, 2.45) is 0 Å². The summed E-state index contributed by atoms with van der Waals surface area (Å²) in [5, 5.41) is 3.04. The standard InChI is InChI=1S/C12H12BrN3/c1-8-3-4-9(7-10(8)13)11-12(14-2)16-6-5-15-11/h3-7H,1-2H3,(H,14,16). The fraction of sp³-hybridized carbons (Fsp3) is 0.167. The Morgan fingerprint density at radius 3 is 2.62 bits per heavy atom. The third-order valence-electron chi connectivity index (χ3n) is 2.38. The fourth-order valence-electron chi connectivity index (χ4n) is 1.47. The van der Waals surface area contributed by atoms with E-state index in [1.807, 2.05) is 13.1 Å². The van der Waals surface area contributed by atoms with Crippen LogP contribution in [-0.4, -0.2) is 17.0 Å². The van der Waals surface area contributed by atoms with Gasteiger partial charge in [0, 0.05) is 29.5 Å². The molecule has 1 N–H and O–H groups in total. The minimum absolute atomic E-state index is 0.790. The molecule has 82 valence electrons. The second kappa shape index (κ2) is 4.61. The van der Waals surface area contributed by atoms with Gasteiger partial charge in [-0.25, -0.2) is 4.98 Å². The summed E-state index contributed by atoms with van der Waals surface area (Å²) in [7, 11) is 1.84. The number of nitrogens with one attached hydrogen (secondary N) is 1. The molecule has 2 rings (SSSR count). The third-order valence-corrected chi connectivity index (χ3v) is 3.23. The number of aryl methyl sites for hydroxylation is 1. The SMILES string of the molecule is CNc1nccnc1-c1ccc(C)c(Br)c1. The molecular weight excluding hydrogens is 266 g/mol. The second-order valence-corrected chi connectivity index (χ2v) is 4.32. The van der Waals surface area contributed by atoms with E-state index in [0.29, 0.717) is 0 Å². The highest BCUT2D eigenvalue weighted by atomic mass is 79.9. The van der Waals surface area contributed by atoms with Crippen LogP contribution in [0.5, 0.6) is 0 Å². The number of hydrogen-bond donors (Lipinski definition) is 1. The lowest BCUT2D eigenvalue weighted by atomic mass is 10.1. The minimum atomic E-state index is 0.790. The Balaban J connectivity index is 2.54. The molecule has 3 nitrogen and oxygen atoms in total. The molecule has 0 amide bonds. The lowest BCUT2D eigenvalue weighted by Crippen LogP contribution is -1.97. The monoisotopic (exact) mass is 277 g/mol. The van der Waals surface area contributed by atoms with Gasteiger partial charge in [-0.05, 0) is 18.6 Å². The zero-order chi connectivity index (χ0) is 11.5. The number of benzene rings is 1. The van der Waals surface area contributed by atoms with Gasteiger partial charge in [-0.2, -0.15) is 0 Å². The Kier molecular flexibility index (Phi) is 3.19. The van der Waals surface area contributed by atoms with Gasteiger partial charge in [-0.3, -0.25) is 4.98 Å². The van der Waals surface area contributed by atoms with Crippen LogP contribution in [0, 0.1) is 6.92 Å². The summed E-state index contributed by atoms with van der Waals surface area (Å²) < 4.78 is 1.08. The van der Waals surface area contributed by atoms with Gasteiger partial charge in [-0.1, -0.05) is 28.1 Å². The molecule has 0 radical (unpaired) electrons. The molecule has 2 aromatic rings. The smallest absolute Gasteiger partial charge is 0.152 e. The summed E-state index contributed by atoms with van der Waals surface area (Å²) in [6.45, 7) is 2.06. The summed E-state index contributed by atoms with van der Waals surface area (Å²) in [5.74, 6) is 0.790. The van der Waals surface area contributed by atoms with E-state index >= 15 is 0 Å². The first-order chi connectivity index (χ1) is 7.72. The topological polar surface area (TPSA) is 37.8 Å².